The Balaban J connectivity index is 1.28. The van der Waals surface area contributed by atoms with E-state index in [9.17, 15) is 0 Å². The SMILES string of the molecule is c1ccc2c(-c3ccc(-c4cncc(-c5cnco5)c4)c4ccccc34)ccc(-c3cncc(-c4cnco4)c3)c2c1. The Bertz CT molecular complexity index is 2040. The maximum absolute atomic E-state index is 5.52. The van der Waals surface area contributed by atoms with Gasteiger partial charge in [-0.1, -0.05) is 72.8 Å². The lowest BCUT2D eigenvalue weighted by molar-refractivity contribution is 0.571. The lowest BCUT2D eigenvalue weighted by atomic mass is 9.88. The molecule has 0 saturated heterocycles. The minimum absolute atomic E-state index is 0.693. The first-order valence-electron chi connectivity index (χ1n) is 13.6. The zero-order chi connectivity index (χ0) is 27.9. The van der Waals surface area contributed by atoms with Crippen molar-refractivity contribution in [3.05, 3.63) is 135 Å². The highest BCUT2D eigenvalue weighted by Crippen LogP contribution is 2.41. The van der Waals surface area contributed by atoms with Crippen molar-refractivity contribution >= 4 is 21.5 Å². The van der Waals surface area contributed by atoms with Crippen molar-refractivity contribution in [3.8, 4) is 56.0 Å². The van der Waals surface area contributed by atoms with Crippen LogP contribution in [0.2, 0.25) is 0 Å². The summed E-state index contributed by atoms with van der Waals surface area (Å²) in [6.07, 6.45) is 13.7. The number of nitrogens with zero attached hydrogens (tertiary/aromatic N) is 4. The van der Waals surface area contributed by atoms with Crippen molar-refractivity contribution in [3.63, 3.8) is 0 Å². The fraction of sp³-hybridized carbons (Fsp3) is 0. The van der Waals surface area contributed by atoms with Gasteiger partial charge in [0.05, 0.1) is 12.4 Å². The van der Waals surface area contributed by atoms with Crippen molar-refractivity contribution in [2.24, 2.45) is 0 Å². The molecule has 42 heavy (non-hydrogen) atoms. The van der Waals surface area contributed by atoms with Gasteiger partial charge < -0.3 is 8.83 Å². The first-order chi connectivity index (χ1) is 20.8. The van der Waals surface area contributed by atoms with Crippen LogP contribution in [0.15, 0.2) is 144 Å². The molecule has 8 aromatic rings. The van der Waals surface area contributed by atoms with Gasteiger partial charge in [-0.05, 0) is 55.9 Å². The van der Waals surface area contributed by atoms with Crippen LogP contribution in [0, 0.1) is 0 Å². The summed E-state index contributed by atoms with van der Waals surface area (Å²) in [5, 5.41) is 4.66. The molecule has 0 unspecified atom stereocenters. The Labute approximate surface area is 241 Å². The predicted molar refractivity (Wildman–Crippen MR) is 164 cm³/mol. The molecule has 0 bridgehead atoms. The minimum atomic E-state index is 0.693. The monoisotopic (exact) mass is 542 g/mol. The quantitative estimate of drug-likeness (QED) is 0.216. The van der Waals surface area contributed by atoms with Crippen LogP contribution in [0.5, 0.6) is 0 Å². The van der Waals surface area contributed by atoms with Gasteiger partial charge in [0.2, 0.25) is 0 Å². The van der Waals surface area contributed by atoms with Crippen LogP contribution in [0.3, 0.4) is 0 Å². The lowest BCUT2D eigenvalue weighted by Gasteiger charge is -2.16. The summed E-state index contributed by atoms with van der Waals surface area (Å²) < 4.78 is 11.0. The van der Waals surface area contributed by atoms with E-state index in [-0.39, 0.29) is 0 Å². The van der Waals surface area contributed by atoms with Gasteiger partial charge in [0.25, 0.3) is 0 Å². The van der Waals surface area contributed by atoms with Crippen molar-refractivity contribution in [2.75, 3.05) is 0 Å². The third-order valence-corrected chi connectivity index (χ3v) is 7.67. The number of fused-ring (bicyclic) bond motifs is 2. The van der Waals surface area contributed by atoms with Gasteiger partial charge >= 0.3 is 0 Å². The summed E-state index contributed by atoms with van der Waals surface area (Å²) in [6, 6.07) is 30.1. The predicted octanol–water partition coefficient (Wildman–Crippen LogP) is 9.09. The summed E-state index contributed by atoms with van der Waals surface area (Å²) >= 11 is 0. The normalized spacial score (nSPS) is 11.3. The van der Waals surface area contributed by atoms with Crippen molar-refractivity contribution in [1.82, 2.24) is 19.9 Å². The maximum Gasteiger partial charge on any atom is 0.181 e. The van der Waals surface area contributed by atoms with Crippen LogP contribution in [-0.2, 0) is 0 Å². The molecule has 8 rings (SSSR count). The minimum Gasteiger partial charge on any atom is -0.443 e. The molecule has 0 amide bonds. The molecule has 0 spiro atoms. The van der Waals surface area contributed by atoms with E-state index in [0.717, 1.165) is 44.2 Å². The molecule has 0 radical (unpaired) electrons. The number of rotatable bonds is 5. The van der Waals surface area contributed by atoms with Crippen LogP contribution in [0.1, 0.15) is 0 Å². The van der Waals surface area contributed by atoms with Crippen LogP contribution in [-0.4, -0.2) is 19.9 Å². The van der Waals surface area contributed by atoms with Gasteiger partial charge in [-0.3, -0.25) is 9.97 Å². The van der Waals surface area contributed by atoms with E-state index in [2.05, 4.69) is 105 Å². The number of hydrogen-bond donors (Lipinski definition) is 0. The molecule has 0 aliphatic heterocycles. The summed E-state index contributed by atoms with van der Waals surface area (Å²) in [7, 11) is 0. The van der Waals surface area contributed by atoms with Crippen LogP contribution in [0.4, 0.5) is 0 Å². The Morgan fingerprint density at radius 3 is 1.14 bits per heavy atom. The highest BCUT2D eigenvalue weighted by molar-refractivity contribution is 6.12. The van der Waals surface area contributed by atoms with Gasteiger partial charge in [0, 0.05) is 47.0 Å². The number of pyridine rings is 2. The van der Waals surface area contributed by atoms with E-state index in [0.29, 0.717) is 11.5 Å². The largest absolute Gasteiger partial charge is 0.443 e. The molecule has 4 aromatic carbocycles. The smallest absolute Gasteiger partial charge is 0.181 e. The van der Waals surface area contributed by atoms with E-state index in [4.69, 9.17) is 8.83 Å². The van der Waals surface area contributed by atoms with Crippen LogP contribution >= 0.6 is 0 Å². The van der Waals surface area contributed by atoms with E-state index < -0.39 is 0 Å². The topological polar surface area (TPSA) is 77.8 Å². The Morgan fingerprint density at radius 2 is 0.738 bits per heavy atom. The molecule has 0 N–H and O–H groups in total. The standard InChI is InChI=1S/C36H22N4O2/c1-3-7-31-29(5-1)27(23-13-25(17-37-15-23)35-19-39-21-41-35)9-11-33(31)34-12-10-28(30-6-2-4-8-32(30)34)24-14-26(18-38-16-24)36-20-40-22-42-36/h1-22H. The summed E-state index contributed by atoms with van der Waals surface area (Å²) in [6.45, 7) is 0. The molecule has 0 aliphatic carbocycles. The Hall–Kier alpha value is -5.88. The number of benzene rings is 4. The average molecular weight is 543 g/mol. The van der Waals surface area contributed by atoms with E-state index >= 15 is 0 Å². The number of aromatic nitrogens is 4. The summed E-state index contributed by atoms with van der Waals surface area (Å²) in [5.41, 5.74) is 8.38. The van der Waals surface area contributed by atoms with E-state index in [1.807, 2.05) is 12.4 Å². The maximum atomic E-state index is 5.52. The second-order valence-electron chi connectivity index (χ2n) is 10.1. The number of oxazole rings is 2. The van der Waals surface area contributed by atoms with Gasteiger partial charge in [-0.25, -0.2) is 9.97 Å². The van der Waals surface area contributed by atoms with Crippen LogP contribution in [0.25, 0.3) is 77.6 Å². The third-order valence-electron chi connectivity index (χ3n) is 7.67. The van der Waals surface area contributed by atoms with Gasteiger partial charge in [0.1, 0.15) is 0 Å². The van der Waals surface area contributed by atoms with Gasteiger partial charge in [-0.2, -0.15) is 0 Å². The summed E-state index contributed by atoms with van der Waals surface area (Å²) in [4.78, 5) is 17.1. The van der Waals surface area contributed by atoms with E-state index in [1.165, 1.54) is 34.7 Å². The Morgan fingerprint density at radius 1 is 0.357 bits per heavy atom. The summed E-state index contributed by atoms with van der Waals surface area (Å²) in [5.74, 6) is 1.39. The number of hydrogen-bond acceptors (Lipinski definition) is 6. The molecule has 0 aliphatic rings. The van der Waals surface area contributed by atoms with Crippen molar-refractivity contribution in [2.45, 2.75) is 0 Å². The highest BCUT2D eigenvalue weighted by atomic mass is 16.3. The Kier molecular flexibility index (Phi) is 5.67. The second-order valence-corrected chi connectivity index (χ2v) is 10.1. The molecular formula is C36H22N4O2. The molecule has 0 fully saturated rings. The van der Waals surface area contributed by atoms with Gasteiger partial charge in [-0.15, -0.1) is 0 Å². The molecule has 198 valence electrons. The van der Waals surface area contributed by atoms with Crippen LogP contribution < -0.4 is 0 Å². The molecule has 4 heterocycles. The highest BCUT2D eigenvalue weighted by Gasteiger charge is 2.15. The third kappa shape index (κ3) is 4.05. The molecule has 0 atom stereocenters. The molecular weight excluding hydrogens is 520 g/mol. The average Bonchev–Trinajstić information content (AvgIpc) is 3.80. The fourth-order valence-electron chi connectivity index (χ4n) is 5.73. The first-order valence-corrected chi connectivity index (χ1v) is 13.6. The zero-order valence-corrected chi connectivity index (χ0v) is 22.3. The van der Waals surface area contributed by atoms with Crippen molar-refractivity contribution in [1.29, 1.82) is 0 Å². The molecule has 4 aromatic heterocycles. The van der Waals surface area contributed by atoms with E-state index in [1.54, 1.807) is 24.8 Å². The van der Waals surface area contributed by atoms with Gasteiger partial charge in [0.15, 0.2) is 24.3 Å². The van der Waals surface area contributed by atoms with Crippen molar-refractivity contribution < 1.29 is 8.83 Å². The first kappa shape index (κ1) is 24.0. The lowest BCUT2D eigenvalue weighted by Crippen LogP contribution is -1.90. The fourth-order valence-corrected chi connectivity index (χ4v) is 5.73. The molecule has 6 heteroatoms. The second kappa shape index (κ2) is 9.94. The zero-order valence-electron chi connectivity index (χ0n) is 22.3. The molecule has 0 saturated carbocycles. The molecule has 6 nitrogen and oxygen atoms in total.